The van der Waals surface area contributed by atoms with Crippen LogP contribution in [0, 0.1) is 19.8 Å². The van der Waals surface area contributed by atoms with Crippen LogP contribution in [0.15, 0.2) is 96.6 Å². The number of hydrogen-bond acceptors (Lipinski definition) is 0. The molecule has 333 valence electrons. The summed E-state index contributed by atoms with van der Waals surface area (Å²) >= 11 is -5.37. The maximum absolute atomic E-state index is 9.32. The molecular weight excluding hydrogens is 899 g/mol. The maximum atomic E-state index is 9.32. The molecule has 2 unspecified atom stereocenters. The molecule has 0 spiro atoms. The fourth-order valence-corrected chi connectivity index (χ4v) is 42.3. The van der Waals surface area contributed by atoms with Crippen molar-refractivity contribution in [1.82, 2.24) is 0 Å². The Hall–Kier alpha value is -2.74. The molecule has 63 heavy (non-hydrogen) atoms. The van der Waals surface area contributed by atoms with Gasteiger partial charge in [-0.1, -0.05) is 0 Å². The predicted octanol–water partition coefficient (Wildman–Crippen LogP) is 18.2. The molecule has 0 radical (unpaired) electrons. The van der Waals surface area contributed by atoms with Crippen molar-refractivity contribution in [2.24, 2.45) is 5.92 Å². The van der Waals surface area contributed by atoms with E-state index in [9.17, 15) is 17.0 Å². The Balaban J connectivity index is 1.64. The molecule has 2 atom stereocenters. The van der Waals surface area contributed by atoms with Crippen molar-refractivity contribution < 1.29 is 15.6 Å². The van der Waals surface area contributed by atoms with Gasteiger partial charge in [0.1, 0.15) is 0 Å². The Morgan fingerprint density at radius 2 is 0.984 bits per heavy atom. The Bertz CT molecular complexity index is 2590. The Labute approximate surface area is 391 Å². The van der Waals surface area contributed by atoms with E-state index in [0.29, 0.717) is 0 Å². The Morgan fingerprint density at radius 1 is 0.524 bits per heavy atom. The molecule has 5 aromatic carbocycles. The fraction of sp³-hybridized carbons (Fsp3) is 0.424. The molecule has 0 aromatic heterocycles. The molecule has 5 aromatic rings. The van der Waals surface area contributed by atoms with Crippen molar-refractivity contribution in [1.29, 1.82) is 0 Å². The summed E-state index contributed by atoms with van der Waals surface area (Å²) in [6.45, 7) is 42.8. The number of rotatable bonds is 7. The van der Waals surface area contributed by atoms with E-state index < -0.39 is 21.5 Å². The number of hydrogen-bond donors (Lipinski definition) is 0. The second-order valence-electron chi connectivity index (χ2n) is 24.0. The van der Waals surface area contributed by atoms with Crippen LogP contribution in [0.5, 0.6) is 0 Å². The van der Waals surface area contributed by atoms with Crippen LogP contribution in [0.3, 0.4) is 0 Å². The zero-order valence-electron chi connectivity index (χ0n) is 41.9. The summed E-state index contributed by atoms with van der Waals surface area (Å²) in [5, 5.41) is 0. The van der Waals surface area contributed by atoms with Crippen LogP contribution >= 0.6 is 17.0 Å². The first kappa shape index (κ1) is 48.2. The SMILES string of the molecule is Cc1c(C(C)(C)C)cc(C2=Cc3cccc(-c4cc(C(C)(C)C)c(C)c(C(C)(C)C)c4)c3[CH]2[Zr]([Cl])([Cl])([CH]2C(C(C)C)=Cc3c(-c4ccccc4)cccc32)[SiH](C)C)cc1C(C)(C)C. The molecule has 2 aliphatic rings. The van der Waals surface area contributed by atoms with Crippen LogP contribution in [-0.4, -0.2) is 5.92 Å². The van der Waals surface area contributed by atoms with Crippen LogP contribution in [0.4, 0.5) is 0 Å². The minimum absolute atomic E-state index is 0.0320. The van der Waals surface area contributed by atoms with Crippen molar-refractivity contribution in [3.8, 4) is 22.3 Å². The van der Waals surface area contributed by atoms with Gasteiger partial charge in [0.15, 0.2) is 0 Å². The third-order valence-corrected chi connectivity index (χ3v) is 66.4. The van der Waals surface area contributed by atoms with Crippen molar-refractivity contribution in [3.05, 3.63) is 158 Å². The van der Waals surface area contributed by atoms with Gasteiger partial charge in [0, 0.05) is 0 Å². The molecule has 0 saturated carbocycles. The zero-order chi connectivity index (χ0) is 46.6. The van der Waals surface area contributed by atoms with E-state index in [0.717, 1.165) is 0 Å². The van der Waals surface area contributed by atoms with Crippen molar-refractivity contribution in [2.75, 3.05) is 0 Å². The van der Waals surface area contributed by atoms with E-state index in [2.05, 4.69) is 227 Å². The van der Waals surface area contributed by atoms with Gasteiger partial charge in [0.2, 0.25) is 0 Å². The average Bonchev–Trinajstić information content (AvgIpc) is 3.78. The molecule has 0 heterocycles. The molecule has 0 nitrogen and oxygen atoms in total. The second kappa shape index (κ2) is 16.2. The number of benzene rings is 5. The van der Waals surface area contributed by atoms with E-state index in [4.69, 9.17) is 0 Å². The zero-order valence-corrected chi connectivity index (χ0v) is 47.0. The monoisotopic (exact) mass is 971 g/mol. The molecule has 4 heteroatoms. The molecular formula is C59H75Cl2SiZr. The van der Waals surface area contributed by atoms with Crippen molar-refractivity contribution in [3.63, 3.8) is 0 Å². The standard InChI is InChI=1S/C39H51.C18H17.C2H7Si.2ClH.Zr/c1-24-32(36(3,4)5)20-28(21-33(24)37(6,7)8)27-18-26-16-15-17-30(31(26)19-27)29-22-34(38(9,10)11)25(2)35(23-29)39(12,13)14;1-13(2)16-11-15-9-6-10-17(18(15)12-16)14-7-4-3-5-8-14;1-3-2;;;/h15-23H,1-14H3;3-13H,1-2H3;3H,1-2H3;2*1H;/q;;;;;+2/p-2. The fourth-order valence-electron chi connectivity index (χ4n) is 11.6. The van der Waals surface area contributed by atoms with Gasteiger partial charge in [-0.2, -0.15) is 0 Å². The Morgan fingerprint density at radius 3 is 1.44 bits per heavy atom. The first-order valence-electron chi connectivity index (χ1n) is 23.6. The predicted molar refractivity (Wildman–Crippen MR) is 281 cm³/mol. The van der Waals surface area contributed by atoms with E-state index in [1.165, 1.54) is 94.6 Å². The van der Waals surface area contributed by atoms with Crippen LogP contribution in [0.1, 0.15) is 165 Å². The summed E-state index contributed by atoms with van der Waals surface area (Å²) in [4.78, 5) is 0. The summed E-state index contributed by atoms with van der Waals surface area (Å²) in [6.07, 6.45) is 5.04. The van der Waals surface area contributed by atoms with E-state index in [1.807, 2.05) is 0 Å². The number of allylic oxidation sites excluding steroid dienone is 2. The molecule has 0 fully saturated rings. The first-order valence-corrected chi connectivity index (χ1v) is 39.9. The second-order valence-corrected chi connectivity index (χ2v) is 66.5. The molecule has 0 N–H and O–H groups in total. The van der Waals surface area contributed by atoms with Gasteiger partial charge in [-0.05, 0) is 0 Å². The summed E-state index contributed by atoms with van der Waals surface area (Å²) in [5.74, 6) is -1.64. The van der Waals surface area contributed by atoms with Gasteiger partial charge in [-0.3, -0.25) is 0 Å². The quantitative estimate of drug-likeness (QED) is 0.143. The van der Waals surface area contributed by atoms with E-state index in [-0.39, 0.29) is 34.8 Å². The van der Waals surface area contributed by atoms with Gasteiger partial charge in [0.25, 0.3) is 0 Å². The summed E-state index contributed by atoms with van der Waals surface area (Å²) in [7, 11) is 18.6. The van der Waals surface area contributed by atoms with Crippen LogP contribution in [-0.2, 0) is 37.2 Å². The average molecular weight is 974 g/mol. The van der Waals surface area contributed by atoms with Gasteiger partial charge in [-0.25, -0.2) is 0 Å². The van der Waals surface area contributed by atoms with Crippen molar-refractivity contribution >= 4 is 40.7 Å². The molecule has 7 rings (SSSR count). The molecule has 2 aliphatic carbocycles. The third-order valence-electron chi connectivity index (χ3n) is 14.8. The van der Waals surface area contributed by atoms with Crippen LogP contribution < -0.4 is 0 Å². The number of fused-ring (bicyclic) bond motifs is 2. The van der Waals surface area contributed by atoms with E-state index in [1.54, 1.807) is 0 Å². The van der Waals surface area contributed by atoms with E-state index >= 15 is 0 Å². The topological polar surface area (TPSA) is 0 Å². The molecule has 0 aliphatic heterocycles. The third kappa shape index (κ3) is 8.27. The molecule has 0 amide bonds. The summed E-state index contributed by atoms with van der Waals surface area (Å²) < 4.78 is -0.164. The summed E-state index contributed by atoms with van der Waals surface area (Å²) in [5.41, 5.74) is 22.5. The number of halogens is 2. The summed E-state index contributed by atoms with van der Waals surface area (Å²) in [6, 6.07) is 34.9. The van der Waals surface area contributed by atoms with Gasteiger partial charge >= 0.3 is 395 Å². The van der Waals surface area contributed by atoms with Gasteiger partial charge in [-0.15, -0.1) is 0 Å². The minimum atomic E-state index is -5.37. The van der Waals surface area contributed by atoms with Gasteiger partial charge in [0.05, 0.1) is 0 Å². The van der Waals surface area contributed by atoms with Crippen LogP contribution in [0.2, 0.25) is 13.1 Å². The first-order chi connectivity index (χ1) is 29.0. The van der Waals surface area contributed by atoms with Crippen LogP contribution in [0.25, 0.3) is 40.0 Å². The Kier molecular flexibility index (Phi) is 12.4. The molecule has 0 saturated heterocycles. The molecule has 0 bridgehead atoms. The normalized spacial score (nSPS) is 17.7. The van der Waals surface area contributed by atoms with Crippen molar-refractivity contribution in [2.45, 2.75) is 153 Å². The van der Waals surface area contributed by atoms with Gasteiger partial charge < -0.3 is 0 Å².